The summed E-state index contributed by atoms with van der Waals surface area (Å²) in [5.74, 6) is 0.760. The molecular weight excluding hydrogens is 210 g/mol. The molecule has 0 unspecified atom stereocenters. The van der Waals surface area contributed by atoms with Crippen molar-refractivity contribution in [3.8, 4) is 11.5 Å². The van der Waals surface area contributed by atoms with Crippen molar-refractivity contribution in [1.29, 1.82) is 0 Å². The van der Waals surface area contributed by atoms with Gasteiger partial charge in [0.15, 0.2) is 0 Å². The summed E-state index contributed by atoms with van der Waals surface area (Å²) in [6, 6.07) is 3.39. The first-order valence-electron chi connectivity index (χ1n) is 4.72. The molecule has 84 valence electrons. The Kier molecular flexibility index (Phi) is 2.52. The molecule has 1 aromatic carbocycles. The second kappa shape index (κ2) is 3.84. The van der Waals surface area contributed by atoms with Gasteiger partial charge in [-0.25, -0.2) is 0 Å². The maximum absolute atomic E-state index is 11.8. The standard InChI is InChI=1S/C11H11NO4/c1-15-8-3-4-9(16-2)10-6(8)5-7(12-14)11(10)13/h3-4,14H,5H2,1-2H3/b12-7+. The van der Waals surface area contributed by atoms with Gasteiger partial charge in [0.2, 0.25) is 5.78 Å². The highest BCUT2D eigenvalue weighted by Gasteiger charge is 2.33. The summed E-state index contributed by atoms with van der Waals surface area (Å²) in [5, 5.41) is 11.7. The first-order valence-corrected chi connectivity index (χ1v) is 4.72. The van der Waals surface area contributed by atoms with Crippen molar-refractivity contribution in [1.82, 2.24) is 0 Å². The summed E-state index contributed by atoms with van der Waals surface area (Å²) in [4.78, 5) is 11.8. The number of hydrogen-bond donors (Lipinski definition) is 1. The minimum absolute atomic E-state index is 0.109. The van der Waals surface area contributed by atoms with Crippen molar-refractivity contribution in [3.05, 3.63) is 23.3 Å². The largest absolute Gasteiger partial charge is 0.496 e. The Morgan fingerprint density at radius 1 is 1.25 bits per heavy atom. The molecule has 0 radical (unpaired) electrons. The van der Waals surface area contributed by atoms with Crippen molar-refractivity contribution in [2.45, 2.75) is 6.42 Å². The number of carbonyl (C=O) groups excluding carboxylic acids is 1. The predicted molar refractivity (Wildman–Crippen MR) is 56.8 cm³/mol. The van der Waals surface area contributed by atoms with Crippen LogP contribution in [0, 0.1) is 0 Å². The molecule has 0 amide bonds. The Hall–Kier alpha value is -2.04. The van der Waals surface area contributed by atoms with Crippen molar-refractivity contribution in [2.24, 2.45) is 5.16 Å². The van der Waals surface area contributed by atoms with E-state index < -0.39 is 0 Å². The van der Waals surface area contributed by atoms with Gasteiger partial charge in [0.1, 0.15) is 17.2 Å². The third-order valence-electron chi connectivity index (χ3n) is 2.63. The van der Waals surface area contributed by atoms with Gasteiger partial charge in [-0.3, -0.25) is 4.79 Å². The fraction of sp³-hybridized carbons (Fsp3) is 0.273. The molecule has 1 aliphatic carbocycles. The third kappa shape index (κ3) is 1.32. The smallest absolute Gasteiger partial charge is 0.215 e. The van der Waals surface area contributed by atoms with Crippen LogP contribution in [-0.4, -0.2) is 30.9 Å². The predicted octanol–water partition coefficient (Wildman–Crippen LogP) is 1.27. The fourth-order valence-corrected chi connectivity index (χ4v) is 1.87. The van der Waals surface area contributed by atoms with Gasteiger partial charge in [0.25, 0.3) is 0 Å². The van der Waals surface area contributed by atoms with Crippen LogP contribution in [-0.2, 0) is 6.42 Å². The normalized spacial score (nSPS) is 16.4. The van der Waals surface area contributed by atoms with E-state index in [2.05, 4.69) is 5.16 Å². The van der Waals surface area contributed by atoms with E-state index >= 15 is 0 Å². The lowest BCUT2D eigenvalue weighted by atomic mass is 10.1. The van der Waals surface area contributed by atoms with Crippen LogP contribution < -0.4 is 9.47 Å². The number of Topliss-reactive ketones (excluding diaryl/α,β-unsaturated/α-hetero) is 1. The molecule has 0 bridgehead atoms. The highest BCUT2D eigenvalue weighted by atomic mass is 16.5. The first-order chi connectivity index (χ1) is 7.72. The summed E-state index contributed by atoms with van der Waals surface area (Å²) in [7, 11) is 3.02. The second-order valence-corrected chi connectivity index (χ2v) is 3.38. The number of ether oxygens (including phenoxy) is 2. The van der Waals surface area contributed by atoms with E-state index in [0.29, 0.717) is 22.6 Å². The zero-order valence-corrected chi connectivity index (χ0v) is 8.98. The first kappa shape index (κ1) is 10.5. The van der Waals surface area contributed by atoms with E-state index in [9.17, 15) is 4.79 Å². The maximum Gasteiger partial charge on any atom is 0.215 e. The molecule has 0 saturated heterocycles. The molecular formula is C11H11NO4. The van der Waals surface area contributed by atoms with E-state index in [1.54, 1.807) is 12.1 Å². The van der Waals surface area contributed by atoms with E-state index in [-0.39, 0.29) is 17.9 Å². The number of fused-ring (bicyclic) bond motifs is 1. The number of nitrogens with zero attached hydrogens (tertiary/aromatic N) is 1. The van der Waals surface area contributed by atoms with Gasteiger partial charge in [0.05, 0.1) is 19.8 Å². The minimum Gasteiger partial charge on any atom is -0.496 e. The summed E-state index contributed by atoms with van der Waals surface area (Å²) in [5.41, 5.74) is 1.24. The fourth-order valence-electron chi connectivity index (χ4n) is 1.87. The molecule has 5 nitrogen and oxygen atoms in total. The molecule has 0 heterocycles. The van der Waals surface area contributed by atoms with Crippen molar-refractivity contribution >= 4 is 11.5 Å². The molecule has 0 fully saturated rings. The zero-order valence-electron chi connectivity index (χ0n) is 8.98. The number of carbonyl (C=O) groups is 1. The van der Waals surface area contributed by atoms with Gasteiger partial charge in [-0.05, 0) is 12.1 Å². The van der Waals surface area contributed by atoms with Crippen molar-refractivity contribution in [2.75, 3.05) is 14.2 Å². The van der Waals surface area contributed by atoms with E-state index in [0.717, 1.165) is 0 Å². The number of hydrogen-bond acceptors (Lipinski definition) is 5. The third-order valence-corrected chi connectivity index (χ3v) is 2.63. The summed E-state index contributed by atoms with van der Waals surface area (Å²) in [6.45, 7) is 0. The zero-order chi connectivity index (χ0) is 11.7. The van der Waals surface area contributed by atoms with Gasteiger partial charge < -0.3 is 14.7 Å². The Labute approximate surface area is 92.3 Å². The number of oxime groups is 1. The number of methoxy groups -OCH3 is 2. The van der Waals surface area contributed by atoms with Crippen LogP contribution in [0.3, 0.4) is 0 Å². The minimum atomic E-state index is -0.312. The van der Waals surface area contributed by atoms with Crippen LogP contribution in [0.2, 0.25) is 0 Å². The van der Waals surface area contributed by atoms with Crippen LogP contribution in [0.25, 0.3) is 0 Å². The van der Waals surface area contributed by atoms with Crippen LogP contribution in [0.15, 0.2) is 17.3 Å². The van der Waals surface area contributed by atoms with Gasteiger partial charge >= 0.3 is 0 Å². The van der Waals surface area contributed by atoms with Crippen molar-refractivity contribution in [3.63, 3.8) is 0 Å². The maximum atomic E-state index is 11.8. The monoisotopic (exact) mass is 221 g/mol. The second-order valence-electron chi connectivity index (χ2n) is 3.38. The van der Waals surface area contributed by atoms with Gasteiger partial charge in [-0.1, -0.05) is 5.16 Å². The van der Waals surface area contributed by atoms with Gasteiger partial charge in [-0.2, -0.15) is 0 Å². The molecule has 1 aromatic rings. The Morgan fingerprint density at radius 3 is 2.44 bits per heavy atom. The molecule has 0 spiro atoms. The van der Waals surface area contributed by atoms with Crippen LogP contribution in [0.4, 0.5) is 0 Å². The van der Waals surface area contributed by atoms with Crippen molar-refractivity contribution < 1.29 is 19.5 Å². The molecule has 2 rings (SSSR count). The summed E-state index contributed by atoms with van der Waals surface area (Å²) >= 11 is 0. The number of rotatable bonds is 2. The molecule has 0 saturated carbocycles. The molecule has 1 aliphatic rings. The Bertz CT molecular complexity index is 479. The molecule has 0 aromatic heterocycles. The molecule has 16 heavy (non-hydrogen) atoms. The molecule has 0 aliphatic heterocycles. The highest BCUT2D eigenvalue weighted by molar-refractivity contribution is 6.50. The van der Waals surface area contributed by atoms with Crippen LogP contribution in [0.5, 0.6) is 11.5 Å². The SMILES string of the molecule is COc1ccc(OC)c2c1C/C(=N\O)C2=O. The highest BCUT2D eigenvalue weighted by Crippen LogP contribution is 2.35. The van der Waals surface area contributed by atoms with E-state index in [1.807, 2.05) is 0 Å². The topological polar surface area (TPSA) is 68.1 Å². The average molecular weight is 221 g/mol. The molecule has 0 atom stereocenters. The van der Waals surface area contributed by atoms with E-state index in [4.69, 9.17) is 14.7 Å². The lowest BCUT2D eigenvalue weighted by Crippen LogP contribution is -2.08. The Balaban J connectivity index is 2.65. The summed E-state index contributed by atoms with van der Waals surface area (Å²) < 4.78 is 10.3. The summed E-state index contributed by atoms with van der Waals surface area (Å²) in [6.07, 6.45) is 0.269. The van der Waals surface area contributed by atoms with Crippen LogP contribution in [0.1, 0.15) is 15.9 Å². The quantitative estimate of drug-likeness (QED) is 0.603. The van der Waals surface area contributed by atoms with E-state index in [1.165, 1.54) is 14.2 Å². The number of benzene rings is 1. The average Bonchev–Trinajstić information content (AvgIpc) is 2.66. The lowest BCUT2D eigenvalue weighted by molar-refractivity contribution is 0.106. The van der Waals surface area contributed by atoms with Gasteiger partial charge in [-0.15, -0.1) is 0 Å². The number of ketones is 1. The Morgan fingerprint density at radius 2 is 1.88 bits per heavy atom. The van der Waals surface area contributed by atoms with Gasteiger partial charge in [0, 0.05) is 12.0 Å². The molecule has 1 N–H and O–H groups in total. The lowest BCUT2D eigenvalue weighted by Gasteiger charge is -2.09. The molecule has 5 heteroatoms. The van der Waals surface area contributed by atoms with Crippen LogP contribution >= 0.6 is 0 Å².